The van der Waals surface area contributed by atoms with E-state index in [1.54, 1.807) is 0 Å². The van der Waals surface area contributed by atoms with Gasteiger partial charge in [0.2, 0.25) is 0 Å². The van der Waals surface area contributed by atoms with Gasteiger partial charge in [-0.15, -0.1) is 0 Å². The standard InChI is InChI=1S/C24H50NO2/c1-7-8-9-10-13-16-19-22-23(27-24(2,3)26-22)20-17-14-11-12-15-18-21-25(4,5)6/h22-23H,7-21H2,1-6H3/q+1/t22-,23-/m1/s1. The van der Waals surface area contributed by atoms with E-state index in [-0.39, 0.29) is 5.79 Å². The molecule has 0 aromatic carbocycles. The van der Waals surface area contributed by atoms with Crippen LogP contribution in [0.25, 0.3) is 0 Å². The number of ether oxygens (including phenoxy) is 2. The summed E-state index contributed by atoms with van der Waals surface area (Å²) in [5, 5.41) is 0. The van der Waals surface area contributed by atoms with Crippen LogP contribution in [-0.2, 0) is 9.47 Å². The van der Waals surface area contributed by atoms with Gasteiger partial charge in [0.15, 0.2) is 5.79 Å². The van der Waals surface area contributed by atoms with Crippen molar-refractivity contribution in [3.05, 3.63) is 0 Å². The van der Waals surface area contributed by atoms with Crippen LogP contribution in [0.4, 0.5) is 0 Å². The normalized spacial score (nSPS) is 22.4. The van der Waals surface area contributed by atoms with Crippen molar-refractivity contribution in [2.24, 2.45) is 0 Å². The summed E-state index contributed by atoms with van der Waals surface area (Å²) in [7, 11) is 6.85. The zero-order chi connectivity index (χ0) is 20.2. The molecule has 1 aliphatic heterocycles. The second-order valence-corrected chi connectivity index (χ2v) is 10.2. The first-order valence-electron chi connectivity index (χ1n) is 11.9. The van der Waals surface area contributed by atoms with Gasteiger partial charge in [-0.1, -0.05) is 71.1 Å². The van der Waals surface area contributed by atoms with E-state index in [0.717, 1.165) is 4.48 Å². The first kappa shape index (κ1) is 24.9. The Morgan fingerprint density at radius 2 is 1.04 bits per heavy atom. The highest BCUT2D eigenvalue weighted by molar-refractivity contribution is 4.81. The van der Waals surface area contributed by atoms with Crippen LogP contribution in [0.2, 0.25) is 0 Å². The maximum atomic E-state index is 6.22. The molecule has 0 aromatic heterocycles. The molecule has 0 spiro atoms. The largest absolute Gasteiger partial charge is 0.345 e. The summed E-state index contributed by atoms with van der Waals surface area (Å²) in [5.41, 5.74) is 0. The molecule has 1 rings (SSSR count). The van der Waals surface area contributed by atoms with E-state index in [1.165, 1.54) is 96.4 Å². The molecule has 162 valence electrons. The zero-order valence-corrected chi connectivity index (χ0v) is 19.5. The number of nitrogens with zero attached hydrogens (tertiary/aromatic N) is 1. The van der Waals surface area contributed by atoms with Gasteiger partial charge in [-0.25, -0.2) is 0 Å². The van der Waals surface area contributed by atoms with Crippen LogP contribution in [0.5, 0.6) is 0 Å². The fourth-order valence-corrected chi connectivity index (χ4v) is 4.16. The fourth-order valence-electron chi connectivity index (χ4n) is 4.16. The van der Waals surface area contributed by atoms with Crippen LogP contribution in [-0.4, -0.2) is 50.2 Å². The SMILES string of the molecule is CCCCCCCC[C@H]1OC(C)(C)O[C@@H]1CCCCCCCC[N+](C)(C)C. The summed E-state index contributed by atoms with van der Waals surface area (Å²) >= 11 is 0. The van der Waals surface area contributed by atoms with Crippen LogP contribution in [0.1, 0.15) is 111 Å². The lowest BCUT2D eigenvalue weighted by atomic mass is 9.99. The molecule has 1 heterocycles. The Kier molecular flexibility index (Phi) is 12.2. The lowest BCUT2D eigenvalue weighted by Gasteiger charge is -2.23. The first-order valence-corrected chi connectivity index (χ1v) is 11.9. The van der Waals surface area contributed by atoms with Gasteiger partial charge >= 0.3 is 0 Å². The molecule has 1 aliphatic rings. The van der Waals surface area contributed by atoms with E-state index in [2.05, 4.69) is 41.9 Å². The van der Waals surface area contributed by atoms with Gasteiger partial charge in [0.25, 0.3) is 0 Å². The van der Waals surface area contributed by atoms with E-state index in [4.69, 9.17) is 9.47 Å². The van der Waals surface area contributed by atoms with Crippen molar-refractivity contribution in [2.45, 2.75) is 129 Å². The van der Waals surface area contributed by atoms with Crippen LogP contribution >= 0.6 is 0 Å². The monoisotopic (exact) mass is 384 g/mol. The maximum Gasteiger partial charge on any atom is 0.163 e. The number of hydrogen-bond acceptors (Lipinski definition) is 2. The van der Waals surface area contributed by atoms with E-state index < -0.39 is 0 Å². The molecular formula is C24H50NO2+. The van der Waals surface area contributed by atoms with Crippen LogP contribution in [0.15, 0.2) is 0 Å². The molecule has 1 fully saturated rings. The third-order valence-electron chi connectivity index (χ3n) is 5.69. The Labute approximate surface area is 170 Å². The molecular weight excluding hydrogens is 334 g/mol. The van der Waals surface area contributed by atoms with Crippen molar-refractivity contribution in [3.8, 4) is 0 Å². The van der Waals surface area contributed by atoms with Crippen molar-refractivity contribution in [1.29, 1.82) is 0 Å². The van der Waals surface area contributed by atoms with Gasteiger partial charge in [0.05, 0.1) is 39.9 Å². The van der Waals surface area contributed by atoms with Crippen molar-refractivity contribution in [1.82, 2.24) is 0 Å². The smallest absolute Gasteiger partial charge is 0.163 e. The van der Waals surface area contributed by atoms with Crippen LogP contribution < -0.4 is 0 Å². The number of hydrogen-bond donors (Lipinski definition) is 0. The summed E-state index contributed by atoms with van der Waals surface area (Å²) in [4.78, 5) is 0. The van der Waals surface area contributed by atoms with E-state index >= 15 is 0 Å². The Hall–Kier alpha value is -0.120. The van der Waals surface area contributed by atoms with Crippen molar-refractivity contribution < 1.29 is 14.0 Å². The number of quaternary nitrogens is 1. The molecule has 0 unspecified atom stereocenters. The summed E-state index contributed by atoms with van der Waals surface area (Å²) < 4.78 is 13.5. The van der Waals surface area contributed by atoms with Gasteiger partial charge < -0.3 is 14.0 Å². The van der Waals surface area contributed by atoms with E-state index in [1.807, 2.05) is 0 Å². The second kappa shape index (κ2) is 13.2. The van der Waals surface area contributed by atoms with E-state index in [0.29, 0.717) is 12.2 Å². The summed E-state index contributed by atoms with van der Waals surface area (Å²) in [6.07, 6.45) is 19.2. The molecule has 0 aromatic rings. The Morgan fingerprint density at radius 3 is 1.48 bits per heavy atom. The predicted molar refractivity (Wildman–Crippen MR) is 117 cm³/mol. The van der Waals surface area contributed by atoms with Gasteiger partial charge in [0, 0.05) is 0 Å². The van der Waals surface area contributed by atoms with Gasteiger partial charge in [0.1, 0.15) is 0 Å². The average Bonchev–Trinajstić information content (AvgIpc) is 2.86. The average molecular weight is 385 g/mol. The molecule has 2 atom stereocenters. The minimum Gasteiger partial charge on any atom is -0.345 e. The Balaban J connectivity index is 2.11. The lowest BCUT2D eigenvalue weighted by molar-refractivity contribution is -0.870. The van der Waals surface area contributed by atoms with Gasteiger partial charge in [-0.3, -0.25) is 0 Å². The quantitative estimate of drug-likeness (QED) is 0.218. The van der Waals surface area contributed by atoms with Gasteiger partial charge in [-0.2, -0.15) is 0 Å². The van der Waals surface area contributed by atoms with Gasteiger partial charge in [-0.05, 0) is 39.5 Å². The molecule has 0 radical (unpaired) electrons. The maximum absolute atomic E-state index is 6.22. The fraction of sp³-hybridized carbons (Fsp3) is 1.00. The lowest BCUT2D eigenvalue weighted by Crippen LogP contribution is -2.35. The summed E-state index contributed by atoms with van der Waals surface area (Å²) in [5.74, 6) is -0.386. The number of unbranched alkanes of at least 4 members (excludes halogenated alkanes) is 10. The highest BCUT2D eigenvalue weighted by atomic mass is 16.7. The number of rotatable bonds is 16. The topological polar surface area (TPSA) is 18.5 Å². The Morgan fingerprint density at radius 1 is 0.630 bits per heavy atom. The highest BCUT2D eigenvalue weighted by Crippen LogP contribution is 2.33. The molecule has 0 amide bonds. The first-order chi connectivity index (χ1) is 12.7. The highest BCUT2D eigenvalue weighted by Gasteiger charge is 2.40. The molecule has 3 nitrogen and oxygen atoms in total. The second-order valence-electron chi connectivity index (χ2n) is 10.2. The molecule has 0 aliphatic carbocycles. The summed E-state index contributed by atoms with van der Waals surface area (Å²) in [6, 6.07) is 0. The zero-order valence-electron chi connectivity index (χ0n) is 19.5. The molecule has 0 N–H and O–H groups in total. The van der Waals surface area contributed by atoms with Crippen LogP contribution in [0.3, 0.4) is 0 Å². The van der Waals surface area contributed by atoms with E-state index in [9.17, 15) is 0 Å². The van der Waals surface area contributed by atoms with Crippen molar-refractivity contribution >= 4 is 0 Å². The minimum absolute atomic E-state index is 0.314. The third kappa shape index (κ3) is 12.9. The van der Waals surface area contributed by atoms with Crippen molar-refractivity contribution in [3.63, 3.8) is 0 Å². The minimum atomic E-state index is -0.386. The van der Waals surface area contributed by atoms with Crippen molar-refractivity contribution in [2.75, 3.05) is 27.7 Å². The third-order valence-corrected chi connectivity index (χ3v) is 5.69. The Bertz CT molecular complexity index is 362. The molecule has 0 saturated carbocycles. The molecule has 3 heteroatoms. The molecule has 27 heavy (non-hydrogen) atoms. The summed E-state index contributed by atoms with van der Waals surface area (Å²) in [6.45, 7) is 7.73. The molecule has 1 saturated heterocycles. The predicted octanol–water partition coefficient (Wildman–Crippen LogP) is 6.69. The molecule has 0 bridgehead atoms. The van der Waals surface area contributed by atoms with Crippen LogP contribution in [0, 0.1) is 0 Å².